The highest BCUT2D eigenvalue weighted by molar-refractivity contribution is 5.99. The summed E-state index contributed by atoms with van der Waals surface area (Å²) < 4.78 is 25.9. The predicted molar refractivity (Wildman–Crippen MR) is 129 cm³/mol. The summed E-state index contributed by atoms with van der Waals surface area (Å²) in [5.41, 5.74) is 0.439. The number of aryl methyl sites for hydroxylation is 1. The van der Waals surface area contributed by atoms with Crippen LogP contribution in [0.3, 0.4) is 0 Å². The fraction of sp³-hybridized carbons (Fsp3) is 0.444. The van der Waals surface area contributed by atoms with Crippen LogP contribution in [0.2, 0.25) is 0 Å². The monoisotopic (exact) mass is 495 g/mol. The van der Waals surface area contributed by atoms with Gasteiger partial charge in [-0.05, 0) is 31.2 Å². The Kier molecular flexibility index (Phi) is 6.77. The lowest BCUT2D eigenvalue weighted by molar-refractivity contribution is -0.141. The van der Waals surface area contributed by atoms with Crippen molar-refractivity contribution in [1.82, 2.24) is 14.7 Å². The van der Waals surface area contributed by atoms with E-state index in [1.165, 1.54) is 12.1 Å². The molecule has 3 fully saturated rings. The van der Waals surface area contributed by atoms with Crippen molar-refractivity contribution in [2.75, 3.05) is 46.0 Å². The summed E-state index contributed by atoms with van der Waals surface area (Å²) in [7, 11) is 0. The lowest BCUT2D eigenvalue weighted by Gasteiger charge is -2.45. The first-order valence-electron chi connectivity index (χ1n) is 12.3. The molecule has 0 radical (unpaired) electrons. The van der Waals surface area contributed by atoms with Crippen molar-refractivity contribution in [3.63, 3.8) is 0 Å². The molecule has 2 aromatic rings. The average Bonchev–Trinajstić information content (AvgIpc) is 3.27. The van der Waals surface area contributed by atoms with Crippen LogP contribution in [0.1, 0.15) is 39.1 Å². The number of rotatable bonds is 3. The van der Waals surface area contributed by atoms with Crippen molar-refractivity contribution in [3.05, 3.63) is 71.0 Å². The minimum Gasteiger partial charge on any atom is -0.378 e. The lowest BCUT2D eigenvalue weighted by atomic mass is 9.95. The lowest BCUT2D eigenvalue weighted by Crippen LogP contribution is -2.60. The van der Waals surface area contributed by atoms with E-state index in [0.29, 0.717) is 44.7 Å². The molecule has 0 aromatic heterocycles. The summed E-state index contributed by atoms with van der Waals surface area (Å²) >= 11 is 0. The SMILES string of the molecule is Cc1cccc(C(=O)N2C(C(=O)N3CCOCC3)COC23CCN(C(=O)c2ccccc2F)CC3)c1. The van der Waals surface area contributed by atoms with Crippen LogP contribution >= 0.6 is 0 Å². The molecule has 8 nitrogen and oxygen atoms in total. The number of piperidine rings is 1. The number of hydrogen-bond acceptors (Lipinski definition) is 5. The summed E-state index contributed by atoms with van der Waals surface area (Å²) in [4.78, 5) is 45.3. The fourth-order valence-corrected chi connectivity index (χ4v) is 5.33. The predicted octanol–water partition coefficient (Wildman–Crippen LogP) is 2.47. The first-order chi connectivity index (χ1) is 17.4. The molecular weight excluding hydrogens is 465 g/mol. The summed E-state index contributed by atoms with van der Waals surface area (Å²) in [6.45, 7) is 4.43. The zero-order chi connectivity index (χ0) is 25.3. The van der Waals surface area contributed by atoms with Gasteiger partial charge in [-0.1, -0.05) is 29.8 Å². The van der Waals surface area contributed by atoms with Crippen LogP contribution in [-0.2, 0) is 14.3 Å². The van der Waals surface area contributed by atoms with E-state index in [-0.39, 0.29) is 37.1 Å². The van der Waals surface area contributed by atoms with Crippen LogP contribution in [0.25, 0.3) is 0 Å². The second kappa shape index (κ2) is 9.99. The fourth-order valence-electron chi connectivity index (χ4n) is 5.33. The third-order valence-electron chi connectivity index (χ3n) is 7.29. The van der Waals surface area contributed by atoms with Crippen molar-refractivity contribution >= 4 is 17.7 Å². The van der Waals surface area contributed by atoms with Gasteiger partial charge in [0.15, 0.2) is 0 Å². The third kappa shape index (κ3) is 4.49. The number of benzene rings is 2. The maximum Gasteiger partial charge on any atom is 0.256 e. The maximum absolute atomic E-state index is 14.2. The highest BCUT2D eigenvalue weighted by atomic mass is 19.1. The van der Waals surface area contributed by atoms with Gasteiger partial charge >= 0.3 is 0 Å². The number of halogens is 1. The van der Waals surface area contributed by atoms with E-state index in [1.807, 2.05) is 25.1 Å². The molecule has 3 aliphatic rings. The molecule has 190 valence electrons. The van der Waals surface area contributed by atoms with Crippen LogP contribution in [0, 0.1) is 12.7 Å². The molecule has 1 spiro atoms. The molecule has 3 saturated heterocycles. The van der Waals surface area contributed by atoms with E-state index < -0.39 is 23.5 Å². The van der Waals surface area contributed by atoms with Crippen LogP contribution in [0.5, 0.6) is 0 Å². The topological polar surface area (TPSA) is 79.4 Å². The summed E-state index contributed by atoms with van der Waals surface area (Å²) in [6.07, 6.45) is 0.662. The van der Waals surface area contributed by atoms with Gasteiger partial charge in [0.1, 0.15) is 17.6 Å². The quantitative estimate of drug-likeness (QED) is 0.654. The van der Waals surface area contributed by atoms with Gasteiger partial charge in [-0.2, -0.15) is 0 Å². The summed E-state index contributed by atoms with van der Waals surface area (Å²) in [5.74, 6) is -1.37. The number of carbonyl (C=O) groups is 3. The van der Waals surface area contributed by atoms with Gasteiger partial charge in [0.25, 0.3) is 11.8 Å². The van der Waals surface area contributed by atoms with E-state index in [4.69, 9.17) is 9.47 Å². The highest BCUT2D eigenvalue weighted by Crippen LogP contribution is 2.39. The van der Waals surface area contributed by atoms with Crippen molar-refractivity contribution in [2.45, 2.75) is 31.5 Å². The second-order valence-electron chi connectivity index (χ2n) is 9.53. The highest BCUT2D eigenvalue weighted by Gasteiger charge is 2.55. The molecule has 0 bridgehead atoms. The van der Waals surface area contributed by atoms with Gasteiger partial charge in [0.05, 0.1) is 25.4 Å². The van der Waals surface area contributed by atoms with Gasteiger partial charge in [-0.15, -0.1) is 0 Å². The molecule has 2 aromatic carbocycles. The second-order valence-corrected chi connectivity index (χ2v) is 9.53. The number of carbonyl (C=O) groups excluding carboxylic acids is 3. The molecule has 9 heteroatoms. The maximum atomic E-state index is 14.2. The number of hydrogen-bond donors (Lipinski definition) is 0. The van der Waals surface area contributed by atoms with Crippen molar-refractivity contribution in [1.29, 1.82) is 0 Å². The van der Waals surface area contributed by atoms with Crippen LogP contribution in [0.15, 0.2) is 48.5 Å². The van der Waals surface area contributed by atoms with Crippen molar-refractivity contribution in [3.8, 4) is 0 Å². The Morgan fingerprint density at radius 1 is 0.917 bits per heavy atom. The minimum absolute atomic E-state index is 0.0221. The van der Waals surface area contributed by atoms with E-state index in [2.05, 4.69) is 0 Å². The van der Waals surface area contributed by atoms with Gasteiger partial charge in [0, 0.05) is 44.6 Å². The van der Waals surface area contributed by atoms with Gasteiger partial charge in [-0.25, -0.2) is 4.39 Å². The van der Waals surface area contributed by atoms with Gasteiger partial charge < -0.3 is 19.3 Å². The van der Waals surface area contributed by atoms with Crippen LogP contribution < -0.4 is 0 Å². The normalized spacial score (nSPS) is 21.6. The molecule has 3 aliphatic heterocycles. The number of nitrogens with zero attached hydrogens (tertiary/aromatic N) is 3. The molecule has 1 atom stereocenters. The Labute approximate surface area is 209 Å². The van der Waals surface area contributed by atoms with Gasteiger partial charge in [0.2, 0.25) is 5.91 Å². The molecule has 0 saturated carbocycles. The zero-order valence-corrected chi connectivity index (χ0v) is 20.3. The smallest absolute Gasteiger partial charge is 0.256 e. The largest absolute Gasteiger partial charge is 0.378 e. The number of likely N-dealkylation sites (tertiary alicyclic amines) is 1. The number of ether oxygens (including phenoxy) is 2. The Hall–Kier alpha value is -3.30. The molecule has 3 amide bonds. The molecule has 0 aliphatic carbocycles. The molecule has 3 heterocycles. The Morgan fingerprint density at radius 3 is 2.33 bits per heavy atom. The molecule has 1 unspecified atom stereocenters. The van der Waals surface area contributed by atoms with E-state index in [9.17, 15) is 18.8 Å². The minimum atomic E-state index is -1.01. The van der Waals surface area contributed by atoms with E-state index in [0.717, 1.165) is 5.56 Å². The Morgan fingerprint density at radius 2 is 1.64 bits per heavy atom. The van der Waals surface area contributed by atoms with E-state index in [1.54, 1.807) is 32.9 Å². The van der Waals surface area contributed by atoms with Crippen LogP contribution in [0.4, 0.5) is 4.39 Å². The molecule has 0 N–H and O–H groups in total. The van der Waals surface area contributed by atoms with Crippen molar-refractivity contribution in [2.24, 2.45) is 0 Å². The zero-order valence-electron chi connectivity index (χ0n) is 20.3. The summed E-state index contributed by atoms with van der Waals surface area (Å²) in [5, 5.41) is 0. The average molecular weight is 496 g/mol. The van der Waals surface area contributed by atoms with Crippen molar-refractivity contribution < 1.29 is 28.2 Å². The van der Waals surface area contributed by atoms with Gasteiger partial charge in [-0.3, -0.25) is 19.3 Å². The third-order valence-corrected chi connectivity index (χ3v) is 7.29. The molecule has 5 rings (SSSR count). The Bertz CT molecular complexity index is 1160. The van der Waals surface area contributed by atoms with E-state index >= 15 is 0 Å². The molecule has 36 heavy (non-hydrogen) atoms. The Balaban J connectivity index is 1.40. The number of amides is 3. The van der Waals surface area contributed by atoms with Crippen LogP contribution in [-0.4, -0.2) is 90.2 Å². The standard InChI is InChI=1S/C27H30FN3O5/c1-19-5-4-6-20(17-19)24(32)31-23(26(34)30-13-15-35-16-14-30)18-36-27(31)9-11-29(12-10-27)25(33)21-7-2-3-8-22(21)28/h2-8,17,23H,9-16,18H2,1H3. The first-order valence-corrected chi connectivity index (χ1v) is 12.3. The first kappa shape index (κ1) is 24.4. The summed E-state index contributed by atoms with van der Waals surface area (Å²) in [6, 6.07) is 12.4. The number of morpholine rings is 1. The molecular formula is C27H30FN3O5.